The van der Waals surface area contributed by atoms with Gasteiger partial charge in [-0.2, -0.15) is 0 Å². The van der Waals surface area contributed by atoms with Crippen molar-refractivity contribution in [2.45, 2.75) is 19.8 Å². The largest absolute Gasteiger partial charge is 0.352 e. The number of aryl methyl sites for hydroxylation is 1. The molecule has 0 spiro atoms. The summed E-state index contributed by atoms with van der Waals surface area (Å²) in [5, 5.41) is 5.51. The zero-order chi connectivity index (χ0) is 15.1. The SMILES string of the molecule is CC(=O)Nc1ccc(C(=O)NCCCc2ncc[nH]2)cc1. The van der Waals surface area contributed by atoms with E-state index in [1.165, 1.54) is 6.92 Å². The highest BCUT2D eigenvalue weighted by Crippen LogP contribution is 2.09. The molecule has 2 amide bonds. The predicted molar refractivity (Wildman–Crippen MR) is 80.0 cm³/mol. The molecule has 6 nitrogen and oxygen atoms in total. The first kappa shape index (κ1) is 14.8. The van der Waals surface area contributed by atoms with Crippen LogP contribution in [0, 0.1) is 0 Å². The van der Waals surface area contributed by atoms with Gasteiger partial charge in [0.2, 0.25) is 5.91 Å². The molecule has 0 bridgehead atoms. The van der Waals surface area contributed by atoms with Crippen LogP contribution in [0.3, 0.4) is 0 Å². The van der Waals surface area contributed by atoms with Gasteiger partial charge in [0.1, 0.15) is 5.82 Å². The molecule has 0 aliphatic carbocycles. The van der Waals surface area contributed by atoms with E-state index in [0.29, 0.717) is 17.8 Å². The van der Waals surface area contributed by atoms with Crippen molar-refractivity contribution in [3.63, 3.8) is 0 Å². The number of amides is 2. The van der Waals surface area contributed by atoms with Crippen molar-refractivity contribution in [3.8, 4) is 0 Å². The van der Waals surface area contributed by atoms with Gasteiger partial charge in [-0.25, -0.2) is 4.98 Å². The number of imidazole rings is 1. The van der Waals surface area contributed by atoms with Gasteiger partial charge >= 0.3 is 0 Å². The van der Waals surface area contributed by atoms with Gasteiger partial charge in [0.05, 0.1) is 0 Å². The standard InChI is InChI=1S/C15H18N4O2/c1-11(20)19-13-6-4-12(5-7-13)15(21)18-8-2-3-14-16-9-10-17-14/h4-7,9-10H,2-3,8H2,1H3,(H,16,17)(H,18,21)(H,19,20). The van der Waals surface area contributed by atoms with Gasteiger partial charge in [-0.3, -0.25) is 9.59 Å². The van der Waals surface area contributed by atoms with E-state index in [1.807, 2.05) is 0 Å². The monoisotopic (exact) mass is 286 g/mol. The molecule has 0 unspecified atom stereocenters. The Morgan fingerprint density at radius 3 is 2.62 bits per heavy atom. The minimum atomic E-state index is -0.134. The fourth-order valence-corrected chi connectivity index (χ4v) is 1.90. The number of carbonyl (C=O) groups is 2. The number of benzene rings is 1. The minimum absolute atomic E-state index is 0.121. The second-order valence-corrected chi connectivity index (χ2v) is 4.65. The van der Waals surface area contributed by atoms with Crippen LogP contribution in [0.25, 0.3) is 0 Å². The Hall–Kier alpha value is -2.63. The molecule has 110 valence electrons. The maximum atomic E-state index is 11.9. The van der Waals surface area contributed by atoms with Crippen LogP contribution in [0.1, 0.15) is 29.5 Å². The Kier molecular flexibility index (Phi) is 5.09. The second-order valence-electron chi connectivity index (χ2n) is 4.65. The van der Waals surface area contributed by atoms with Crippen LogP contribution in [0.4, 0.5) is 5.69 Å². The zero-order valence-electron chi connectivity index (χ0n) is 11.8. The summed E-state index contributed by atoms with van der Waals surface area (Å²) in [6, 6.07) is 6.79. The average molecular weight is 286 g/mol. The van der Waals surface area contributed by atoms with Crippen molar-refractivity contribution in [2.75, 3.05) is 11.9 Å². The maximum Gasteiger partial charge on any atom is 0.251 e. The number of rotatable bonds is 6. The van der Waals surface area contributed by atoms with Crippen molar-refractivity contribution in [1.82, 2.24) is 15.3 Å². The van der Waals surface area contributed by atoms with Crippen LogP contribution < -0.4 is 10.6 Å². The van der Waals surface area contributed by atoms with E-state index in [2.05, 4.69) is 20.6 Å². The lowest BCUT2D eigenvalue weighted by Gasteiger charge is -2.06. The molecule has 1 aromatic carbocycles. The molecule has 1 aromatic heterocycles. The van der Waals surface area contributed by atoms with Gasteiger partial charge in [0, 0.05) is 43.5 Å². The Bertz CT molecular complexity index is 591. The van der Waals surface area contributed by atoms with Gasteiger partial charge in [0.15, 0.2) is 0 Å². The number of aromatic amines is 1. The van der Waals surface area contributed by atoms with Crippen molar-refractivity contribution in [3.05, 3.63) is 48.0 Å². The molecule has 0 atom stereocenters. The maximum absolute atomic E-state index is 11.9. The van der Waals surface area contributed by atoms with Crippen LogP contribution in [-0.2, 0) is 11.2 Å². The summed E-state index contributed by atoms with van der Waals surface area (Å²) in [5.74, 6) is 0.665. The Labute approximate surface area is 123 Å². The van der Waals surface area contributed by atoms with E-state index in [4.69, 9.17) is 0 Å². The van der Waals surface area contributed by atoms with E-state index in [0.717, 1.165) is 18.7 Å². The smallest absolute Gasteiger partial charge is 0.251 e. The molecule has 21 heavy (non-hydrogen) atoms. The third kappa shape index (κ3) is 4.76. The summed E-state index contributed by atoms with van der Waals surface area (Å²) in [6.45, 7) is 2.03. The lowest BCUT2D eigenvalue weighted by Crippen LogP contribution is -2.24. The van der Waals surface area contributed by atoms with Crippen molar-refractivity contribution < 1.29 is 9.59 Å². The zero-order valence-corrected chi connectivity index (χ0v) is 11.8. The summed E-state index contributed by atoms with van der Waals surface area (Å²) in [6.07, 6.45) is 5.12. The Balaban J connectivity index is 1.76. The molecule has 6 heteroatoms. The van der Waals surface area contributed by atoms with Gasteiger partial charge in [-0.1, -0.05) is 0 Å². The van der Waals surface area contributed by atoms with E-state index in [1.54, 1.807) is 36.7 Å². The van der Waals surface area contributed by atoms with Crippen LogP contribution in [0.5, 0.6) is 0 Å². The first-order chi connectivity index (χ1) is 10.1. The summed E-state index contributed by atoms with van der Waals surface area (Å²) in [4.78, 5) is 30.0. The van der Waals surface area contributed by atoms with Gasteiger partial charge in [0.25, 0.3) is 5.91 Å². The summed E-state index contributed by atoms with van der Waals surface area (Å²) in [7, 11) is 0. The van der Waals surface area contributed by atoms with E-state index >= 15 is 0 Å². The number of hydrogen-bond acceptors (Lipinski definition) is 3. The van der Waals surface area contributed by atoms with E-state index in [9.17, 15) is 9.59 Å². The number of hydrogen-bond donors (Lipinski definition) is 3. The molecule has 0 saturated carbocycles. The normalized spacial score (nSPS) is 10.1. The molecule has 0 fully saturated rings. The topological polar surface area (TPSA) is 86.9 Å². The number of nitrogens with zero attached hydrogens (tertiary/aromatic N) is 1. The molecule has 1 heterocycles. The molecule has 2 aromatic rings. The number of H-pyrrole nitrogens is 1. The highest BCUT2D eigenvalue weighted by Gasteiger charge is 2.05. The fraction of sp³-hybridized carbons (Fsp3) is 0.267. The van der Waals surface area contributed by atoms with Crippen molar-refractivity contribution >= 4 is 17.5 Å². The third-order valence-corrected chi connectivity index (χ3v) is 2.90. The summed E-state index contributed by atoms with van der Waals surface area (Å²) in [5.41, 5.74) is 1.25. The quantitative estimate of drug-likeness (QED) is 0.707. The molecule has 0 saturated heterocycles. The molecule has 2 rings (SSSR count). The lowest BCUT2D eigenvalue weighted by atomic mass is 10.2. The Morgan fingerprint density at radius 2 is 2.00 bits per heavy atom. The van der Waals surface area contributed by atoms with Crippen LogP contribution in [-0.4, -0.2) is 28.3 Å². The molecule has 0 aliphatic rings. The summed E-state index contributed by atoms with van der Waals surface area (Å²) >= 11 is 0. The molecule has 0 aliphatic heterocycles. The first-order valence-corrected chi connectivity index (χ1v) is 6.79. The van der Waals surface area contributed by atoms with Crippen LogP contribution in [0.2, 0.25) is 0 Å². The van der Waals surface area contributed by atoms with Gasteiger partial charge in [-0.05, 0) is 30.7 Å². The van der Waals surface area contributed by atoms with Gasteiger partial charge in [-0.15, -0.1) is 0 Å². The molecular weight excluding hydrogens is 268 g/mol. The fourth-order valence-electron chi connectivity index (χ4n) is 1.90. The molecule has 0 radical (unpaired) electrons. The highest BCUT2D eigenvalue weighted by atomic mass is 16.2. The van der Waals surface area contributed by atoms with Crippen LogP contribution in [0.15, 0.2) is 36.7 Å². The van der Waals surface area contributed by atoms with E-state index in [-0.39, 0.29) is 11.8 Å². The predicted octanol–water partition coefficient (Wildman–Crippen LogP) is 1.73. The molecule has 3 N–H and O–H groups in total. The van der Waals surface area contributed by atoms with Crippen molar-refractivity contribution in [1.29, 1.82) is 0 Å². The number of anilines is 1. The average Bonchev–Trinajstić information content (AvgIpc) is 2.97. The second kappa shape index (κ2) is 7.23. The van der Waals surface area contributed by atoms with Crippen molar-refractivity contribution in [2.24, 2.45) is 0 Å². The Morgan fingerprint density at radius 1 is 1.24 bits per heavy atom. The van der Waals surface area contributed by atoms with E-state index < -0.39 is 0 Å². The molecular formula is C15H18N4O2. The highest BCUT2D eigenvalue weighted by molar-refractivity contribution is 5.95. The van der Waals surface area contributed by atoms with Crippen LogP contribution >= 0.6 is 0 Å². The summed E-state index contributed by atoms with van der Waals surface area (Å²) < 4.78 is 0. The van der Waals surface area contributed by atoms with Gasteiger partial charge < -0.3 is 15.6 Å². The first-order valence-electron chi connectivity index (χ1n) is 6.79. The third-order valence-electron chi connectivity index (χ3n) is 2.90. The lowest BCUT2D eigenvalue weighted by molar-refractivity contribution is -0.114. The number of carbonyl (C=O) groups excluding carboxylic acids is 2. The number of aromatic nitrogens is 2. The minimum Gasteiger partial charge on any atom is -0.352 e. The number of nitrogens with one attached hydrogen (secondary N) is 3.